The van der Waals surface area contributed by atoms with Crippen molar-refractivity contribution < 1.29 is 4.79 Å². The molecule has 4 aromatic rings. The molecule has 0 aliphatic rings. The number of thioether (sulfide) groups is 1. The number of nitrogens with zero attached hydrogens (tertiary/aromatic N) is 3. The van der Waals surface area contributed by atoms with Crippen LogP contribution in [0.2, 0.25) is 10.0 Å². The topological polar surface area (TPSA) is 71.8 Å². The minimum Gasteiger partial charge on any atom is -0.377 e. The van der Waals surface area contributed by atoms with E-state index in [1.54, 1.807) is 24.3 Å². The molecule has 0 saturated carbocycles. The predicted molar refractivity (Wildman–Crippen MR) is 137 cm³/mol. The van der Waals surface area contributed by atoms with Gasteiger partial charge in [-0.05, 0) is 29.7 Å². The van der Waals surface area contributed by atoms with Gasteiger partial charge in [-0.3, -0.25) is 4.79 Å². The molecular formula is C24H21Cl2N5OS. The predicted octanol–water partition coefficient (Wildman–Crippen LogP) is 6.27. The Hall–Kier alpha value is -3.00. The van der Waals surface area contributed by atoms with Crippen molar-refractivity contribution in [1.29, 1.82) is 0 Å². The lowest BCUT2D eigenvalue weighted by Crippen LogP contribution is -2.15. The largest absolute Gasteiger partial charge is 0.377 e. The number of carbonyl (C=O) groups excluding carboxylic acids is 1. The van der Waals surface area contributed by atoms with Crippen molar-refractivity contribution in [1.82, 2.24) is 14.8 Å². The van der Waals surface area contributed by atoms with Crippen LogP contribution in [-0.2, 0) is 17.9 Å². The first kappa shape index (κ1) is 23.2. The van der Waals surface area contributed by atoms with Crippen LogP contribution in [0.3, 0.4) is 0 Å². The zero-order valence-electron chi connectivity index (χ0n) is 17.6. The number of hydrogen-bond donors (Lipinski definition) is 2. The van der Waals surface area contributed by atoms with Crippen LogP contribution in [0.15, 0.2) is 78.5 Å². The lowest BCUT2D eigenvalue weighted by atomic mass is 10.1. The van der Waals surface area contributed by atoms with E-state index in [0.29, 0.717) is 34.0 Å². The van der Waals surface area contributed by atoms with E-state index in [0.717, 1.165) is 22.3 Å². The Morgan fingerprint density at radius 3 is 2.73 bits per heavy atom. The molecule has 0 fully saturated rings. The molecule has 0 bridgehead atoms. The Morgan fingerprint density at radius 1 is 1.06 bits per heavy atom. The summed E-state index contributed by atoms with van der Waals surface area (Å²) < 4.78 is 1.94. The first-order chi connectivity index (χ1) is 16.0. The number of carbonyl (C=O) groups is 1. The molecule has 0 spiro atoms. The zero-order valence-corrected chi connectivity index (χ0v) is 19.9. The molecule has 3 aromatic carbocycles. The molecule has 0 radical (unpaired) electrons. The highest BCUT2D eigenvalue weighted by molar-refractivity contribution is 7.99. The second-order valence-electron chi connectivity index (χ2n) is 7.14. The molecule has 0 saturated heterocycles. The fourth-order valence-corrected chi connectivity index (χ4v) is 4.44. The normalized spacial score (nSPS) is 10.8. The second-order valence-corrected chi connectivity index (χ2v) is 8.93. The van der Waals surface area contributed by atoms with Gasteiger partial charge in [-0.1, -0.05) is 77.4 Å². The fourth-order valence-electron chi connectivity index (χ4n) is 3.33. The van der Waals surface area contributed by atoms with E-state index in [4.69, 9.17) is 23.2 Å². The van der Waals surface area contributed by atoms with Crippen molar-refractivity contribution >= 4 is 63.0 Å². The maximum Gasteiger partial charge on any atom is 0.234 e. The van der Waals surface area contributed by atoms with Crippen molar-refractivity contribution in [3.63, 3.8) is 0 Å². The van der Waals surface area contributed by atoms with E-state index in [9.17, 15) is 4.79 Å². The maximum absolute atomic E-state index is 12.4. The summed E-state index contributed by atoms with van der Waals surface area (Å²) in [6.45, 7) is 4.85. The first-order valence-corrected chi connectivity index (χ1v) is 11.9. The summed E-state index contributed by atoms with van der Waals surface area (Å²) in [6.07, 6.45) is 1.78. The van der Waals surface area contributed by atoms with Crippen LogP contribution in [0, 0.1) is 0 Å². The van der Waals surface area contributed by atoms with Crippen LogP contribution < -0.4 is 10.6 Å². The van der Waals surface area contributed by atoms with Gasteiger partial charge >= 0.3 is 0 Å². The summed E-state index contributed by atoms with van der Waals surface area (Å²) in [6, 6.07) is 19.3. The Balaban J connectivity index is 1.43. The summed E-state index contributed by atoms with van der Waals surface area (Å²) in [4.78, 5) is 12.4. The average Bonchev–Trinajstić information content (AvgIpc) is 3.20. The molecule has 168 valence electrons. The average molecular weight is 498 g/mol. The van der Waals surface area contributed by atoms with Gasteiger partial charge in [0.1, 0.15) is 0 Å². The molecule has 0 aliphatic carbocycles. The SMILES string of the molecule is C=CCn1c(CNc2cccc3ccccc23)nnc1SCC(=O)Nc1cc(Cl)ccc1Cl. The monoisotopic (exact) mass is 497 g/mol. The molecule has 1 aromatic heterocycles. The van der Waals surface area contributed by atoms with Crippen LogP contribution in [0.4, 0.5) is 11.4 Å². The highest BCUT2D eigenvalue weighted by atomic mass is 35.5. The minimum absolute atomic E-state index is 0.148. The van der Waals surface area contributed by atoms with E-state index in [1.165, 1.54) is 11.8 Å². The van der Waals surface area contributed by atoms with E-state index >= 15 is 0 Å². The van der Waals surface area contributed by atoms with Gasteiger partial charge in [-0.15, -0.1) is 16.8 Å². The van der Waals surface area contributed by atoms with Gasteiger partial charge in [0.15, 0.2) is 11.0 Å². The van der Waals surface area contributed by atoms with E-state index in [1.807, 2.05) is 28.8 Å². The minimum atomic E-state index is -0.215. The Kier molecular flexibility index (Phi) is 7.54. The van der Waals surface area contributed by atoms with Gasteiger partial charge in [0.25, 0.3) is 0 Å². The van der Waals surface area contributed by atoms with Crippen LogP contribution in [0.1, 0.15) is 5.82 Å². The third kappa shape index (κ3) is 5.68. The lowest BCUT2D eigenvalue weighted by Gasteiger charge is -2.11. The van der Waals surface area contributed by atoms with Gasteiger partial charge < -0.3 is 15.2 Å². The van der Waals surface area contributed by atoms with E-state index in [2.05, 4.69) is 45.6 Å². The molecule has 9 heteroatoms. The molecule has 1 heterocycles. The third-order valence-corrected chi connectivity index (χ3v) is 6.40. The van der Waals surface area contributed by atoms with Gasteiger partial charge in [0.05, 0.1) is 23.0 Å². The van der Waals surface area contributed by atoms with Crippen LogP contribution in [0.5, 0.6) is 0 Å². The van der Waals surface area contributed by atoms with Gasteiger partial charge in [-0.25, -0.2) is 0 Å². The molecule has 0 atom stereocenters. The molecule has 33 heavy (non-hydrogen) atoms. The van der Waals surface area contributed by atoms with Crippen LogP contribution >= 0.6 is 35.0 Å². The molecule has 1 amide bonds. The quantitative estimate of drug-likeness (QED) is 0.210. The second kappa shape index (κ2) is 10.7. The number of benzene rings is 3. The van der Waals surface area contributed by atoms with Crippen LogP contribution in [0.25, 0.3) is 10.8 Å². The number of hydrogen-bond acceptors (Lipinski definition) is 5. The summed E-state index contributed by atoms with van der Waals surface area (Å²) >= 11 is 13.4. The number of anilines is 2. The number of aromatic nitrogens is 3. The molecule has 0 aliphatic heterocycles. The van der Waals surface area contributed by atoms with Crippen LogP contribution in [-0.4, -0.2) is 26.4 Å². The Morgan fingerprint density at radius 2 is 1.88 bits per heavy atom. The highest BCUT2D eigenvalue weighted by Crippen LogP contribution is 2.27. The highest BCUT2D eigenvalue weighted by Gasteiger charge is 2.15. The van der Waals surface area contributed by atoms with E-state index in [-0.39, 0.29) is 11.7 Å². The summed E-state index contributed by atoms with van der Waals surface area (Å²) in [5.74, 6) is 0.686. The number of fused-ring (bicyclic) bond motifs is 1. The van der Waals surface area contributed by atoms with Crippen molar-refractivity contribution in [2.45, 2.75) is 18.2 Å². The van der Waals surface area contributed by atoms with Gasteiger partial charge in [0, 0.05) is 22.6 Å². The summed E-state index contributed by atoms with van der Waals surface area (Å²) in [7, 11) is 0. The number of rotatable bonds is 9. The van der Waals surface area contributed by atoms with Crippen molar-refractivity contribution in [3.05, 3.63) is 89.2 Å². The number of amides is 1. The number of nitrogens with one attached hydrogen (secondary N) is 2. The molecule has 2 N–H and O–H groups in total. The van der Waals surface area contributed by atoms with Gasteiger partial charge in [0.2, 0.25) is 5.91 Å². The smallest absolute Gasteiger partial charge is 0.234 e. The lowest BCUT2D eigenvalue weighted by molar-refractivity contribution is -0.113. The third-order valence-electron chi connectivity index (χ3n) is 4.87. The number of allylic oxidation sites excluding steroid dienone is 1. The fraction of sp³-hybridized carbons (Fsp3) is 0.125. The first-order valence-electron chi connectivity index (χ1n) is 10.2. The molecule has 0 unspecified atom stereocenters. The van der Waals surface area contributed by atoms with Gasteiger partial charge in [-0.2, -0.15) is 0 Å². The Labute approximate surface area is 206 Å². The summed E-state index contributed by atoms with van der Waals surface area (Å²) in [5, 5.41) is 18.7. The Bertz CT molecular complexity index is 1300. The standard InChI is InChI=1S/C24H21Cl2N5OS/c1-2-12-31-22(14-27-20-9-5-7-16-6-3-4-8-18(16)20)29-30-24(31)33-15-23(32)28-21-13-17(25)10-11-19(21)26/h2-11,13,27H,1,12,14-15H2,(H,28,32). The molecular weight excluding hydrogens is 477 g/mol. The van der Waals surface area contributed by atoms with Crippen molar-refractivity contribution in [2.75, 3.05) is 16.4 Å². The maximum atomic E-state index is 12.4. The number of halogens is 2. The molecule has 6 nitrogen and oxygen atoms in total. The summed E-state index contributed by atoms with van der Waals surface area (Å²) in [5.41, 5.74) is 1.50. The van der Waals surface area contributed by atoms with E-state index < -0.39 is 0 Å². The molecule has 4 rings (SSSR count). The zero-order chi connectivity index (χ0) is 23.2. The van der Waals surface area contributed by atoms with Crippen molar-refractivity contribution in [2.24, 2.45) is 0 Å². The van der Waals surface area contributed by atoms with Crippen molar-refractivity contribution in [3.8, 4) is 0 Å².